The van der Waals surface area contributed by atoms with Crippen LogP contribution in [-0.2, 0) is 6.42 Å². The molecule has 3 heteroatoms. The van der Waals surface area contributed by atoms with Crippen LogP contribution in [0.5, 0.6) is 0 Å². The van der Waals surface area contributed by atoms with Crippen molar-refractivity contribution >= 4 is 0 Å². The molecule has 1 aromatic carbocycles. The predicted molar refractivity (Wildman–Crippen MR) is 78.3 cm³/mol. The highest BCUT2D eigenvalue weighted by molar-refractivity contribution is 5.41. The number of rotatable bonds is 0. The highest BCUT2D eigenvalue weighted by Crippen LogP contribution is 2.63. The lowest BCUT2D eigenvalue weighted by Gasteiger charge is -2.54. The lowest BCUT2D eigenvalue weighted by molar-refractivity contribution is -0.0459. The molecule has 0 unspecified atom stereocenters. The van der Waals surface area contributed by atoms with Crippen LogP contribution in [0.4, 0.5) is 8.78 Å². The van der Waals surface area contributed by atoms with Gasteiger partial charge in [-0.15, -0.1) is 0 Å². The second kappa shape index (κ2) is 4.27. The molecule has 0 spiro atoms. The van der Waals surface area contributed by atoms with Crippen LogP contribution < -0.4 is 5.73 Å². The summed E-state index contributed by atoms with van der Waals surface area (Å²) in [5.74, 6) is -1.59. The molecule has 0 bridgehead atoms. The number of hydrogen-bond donors (Lipinski definition) is 1. The van der Waals surface area contributed by atoms with Crippen LogP contribution in [0.1, 0.15) is 58.7 Å². The van der Waals surface area contributed by atoms with E-state index in [1.165, 1.54) is 12.1 Å². The molecule has 2 rings (SSSR count). The zero-order chi connectivity index (χ0) is 15.5. The fourth-order valence-corrected chi connectivity index (χ4v) is 4.31. The third-order valence-electron chi connectivity index (χ3n) is 5.19. The Morgan fingerprint density at radius 3 is 1.90 bits per heavy atom. The van der Waals surface area contributed by atoms with Gasteiger partial charge in [0, 0.05) is 11.5 Å². The first-order chi connectivity index (χ1) is 8.92. The first-order valence-electron chi connectivity index (χ1n) is 7.15. The van der Waals surface area contributed by atoms with Gasteiger partial charge in [0.1, 0.15) is 0 Å². The van der Waals surface area contributed by atoms with E-state index in [1.54, 1.807) is 0 Å². The van der Waals surface area contributed by atoms with Gasteiger partial charge in [-0.05, 0) is 40.5 Å². The molecule has 0 fully saturated rings. The number of halogens is 2. The largest absolute Gasteiger partial charge is 0.323 e. The van der Waals surface area contributed by atoms with Gasteiger partial charge in [-0.2, -0.15) is 0 Å². The Hall–Kier alpha value is -0.960. The van der Waals surface area contributed by atoms with Gasteiger partial charge in [-0.1, -0.05) is 41.5 Å². The summed E-state index contributed by atoms with van der Waals surface area (Å²) in [4.78, 5) is 0. The Morgan fingerprint density at radius 2 is 1.45 bits per heavy atom. The summed E-state index contributed by atoms with van der Waals surface area (Å²) >= 11 is 0. The molecule has 0 radical (unpaired) electrons. The average Bonchev–Trinajstić information content (AvgIpc) is 2.53. The van der Waals surface area contributed by atoms with Crippen molar-refractivity contribution in [2.45, 2.75) is 54.0 Å². The number of hydrogen-bond acceptors (Lipinski definition) is 1. The molecule has 0 aliphatic heterocycles. The summed E-state index contributed by atoms with van der Waals surface area (Å²) in [6.45, 7) is 13.0. The first-order valence-corrected chi connectivity index (χ1v) is 7.15. The van der Waals surface area contributed by atoms with Crippen LogP contribution in [-0.4, -0.2) is 0 Å². The van der Waals surface area contributed by atoms with E-state index in [4.69, 9.17) is 5.73 Å². The monoisotopic (exact) mass is 281 g/mol. The second-order valence-electron chi connectivity index (χ2n) is 8.09. The van der Waals surface area contributed by atoms with Gasteiger partial charge in [-0.3, -0.25) is 0 Å². The summed E-state index contributed by atoms with van der Waals surface area (Å²) in [6.07, 6.45) is 0.688. The Morgan fingerprint density at radius 1 is 1.00 bits per heavy atom. The Balaban J connectivity index is 2.67. The Labute approximate surface area is 120 Å². The predicted octanol–water partition coefficient (Wildman–Crippen LogP) is 4.60. The van der Waals surface area contributed by atoms with Crippen LogP contribution in [0.2, 0.25) is 0 Å². The second-order valence-corrected chi connectivity index (χ2v) is 8.09. The van der Waals surface area contributed by atoms with Crippen molar-refractivity contribution < 1.29 is 8.78 Å². The summed E-state index contributed by atoms with van der Waals surface area (Å²) in [5.41, 5.74) is 7.76. The van der Waals surface area contributed by atoms with Crippen LogP contribution >= 0.6 is 0 Å². The first kappa shape index (κ1) is 15.4. The van der Waals surface area contributed by atoms with Crippen LogP contribution in [0.15, 0.2) is 12.1 Å². The minimum absolute atomic E-state index is 0.0728. The molecular weight excluding hydrogens is 256 g/mol. The van der Waals surface area contributed by atoms with Crippen molar-refractivity contribution in [1.29, 1.82) is 0 Å². The molecule has 1 aromatic rings. The number of fused-ring (bicyclic) bond motifs is 1. The van der Waals surface area contributed by atoms with Crippen molar-refractivity contribution in [3.8, 4) is 0 Å². The highest BCUT2D eigenvalue weighted by atomic mass is 19.2. The van der Waals surface area contributed by atoms with Gasteiger partial charge in [0.15, 0.2) is 11.6 Å². The van der Waals surface area contributed by atoms with Crippen LogP contribution in [0, 0.1) is 27.9 Å². The third-order valence-corrected chi connectivity index (χ3v) is 5.19. The van der Waals surface area contributed by atoms with Gasteiger partial charge < -0.3 is 5.73 Å². The SMILES string of the molecule is CC(C)(C)C1(C(C)(C)C)Cc2cc(F)c(F)cc2[C@H]1N. The molecule has 0 aromatic heterocycles. The molecule has 20 heavy (non-hydrogen) atoms. The van der Waals surface area contributed by atoms with E-state index in [0.29, 0.717) is 6.42 Å². The quantitative estimate of drug-likeness (QED) is 0.739. The molecule has 1 aliphatic rings. The molecule has 1 atom stereocenters. The summed E-state index contributed by atoms with van der Waals surface area (Å²) in [7, 11) is 0. The Kier molecular flexibility index (Phi) is 3.29. The van der Waals surface area contributed by atoms with Crippen molar-refractivity contribution in [3.05, 3.63) is 34.9 Å². The topological polar surface area (TPSA) is 26.0 Å². The fourth-order valence-electron chi connectivity index (χ4n) is 4.31. The zero-order valence-electron chi connectivity index (χ0n) is 13.3. The molecule has 2 N–H and O–H groups in total. The van der Waals surface area contributed by atoms with Gasteiger partial charge in [0.2, 0.25) is 0 Å². The highest BCUT2D eigenvalue weighted by Gasteiger charge is 2.58. The van der Waals surface area contributed by atoms with Gasteiger partial charge in [-0.25, -0.2) is 8.78 Å². The van der Waals surface area contributed by atoms with Gasteiger partial charge in [0.25, 0.3) is 0 Å². The molecule has 0 amide bonds. The van der Waals surface area contributed by atoms with Crippen molar-refractivity contribution in [3.63, 3.8) is 0 Å². The number of nitrogens with two attached hydrogens (primary N) is 1. The molecule has 1 aliphatic carbocycles. The van der Waals surface area contributed by atoms with Crippen molar-refractivity contribution in [2.24, 2.45) is 22.0 Å². The van der Waals surface area contributed by atoms with E-state index in [2.05, 4.69) is 41.5 Å². The molecule has 0 saturated heterocycles. The van der Waals surface area contributed by atoms with Crippen molar-refractivity contribution in [2.75, 3.05) is 0 Å². The zero-order valence-corrected chi connectivity index (χ0v) is 13.3. The maximum atomic E-state index is 13.6. The van der Waals surface area contributed by atoms with E-state index >= 15 is 0 Å². The lowest BCUT2D eigenvalue weighted by Crippen LogP contribution is -2.51. The van der Waals surface area contributed by atoms with Crippen LogP contribution in [0.3, 0.4) is 0 Å². The molecule has 1 nitrogen and oxygen atoms in total. The smallest absolute Gasteiger partial charge is 0.159 e. The van der Waals surface area contributed by atoms with E-state index in [9.17, 15) is 8.78 Å². The van der Waals surface area contributed by atoms with E-state index in [-0.39, 0.29) is 22.3 Å². The minimum atomic E-state index is -0.808. The van der Waals surface area contributed by atoms with E-state index in [0.717, 1.165) is 11.1 Å². The lowest BCUT2D eigenvalue weighted by atomic mass is 9.51. The summed E-state index contributed by atoms with van der Waals surface area (Å²) in [5, 5.41) is 0. The Bertz CT molecular complexity index is 521. The normalized spacial score (nSPS) is 21.9. The van der Waals surface area contributed by atoms with Crippen molar-refractivity contribution in [1.82, 2.24) is 0 Å². The van der Waals surface area contributed by atoms with E-state index in [1.807, 2.05) is 0 Å². The summed E-state index contributed by atoms with van der Waals surface area (Å²) < 4.78 is 27.1. The molecule has 0 heterocycles. The average molecular weight is 281 g/mol. The summed E-state index contributed by atoms with van der Waals surface area (Å²) in [6, 6.07) is 2.32. The standard InChI is InChI=1S/C17H25F2N/c1-15(2,3)17(16(4,5)6)9-10-7-12(18)13(19)8-11(10)14(17)20/h7-8,14H,9,20H2,1-6H3/t14-/m1/s1. The maximum Gasteiger partial charge on any atom is 0.159 e. The molecular formula is C17H25F2N. The minimum Gasteiger partial charge on any atom is -0.323 e. The van der Waals surface area contributed by atoms with Crippen LogP contribution in [0.25, 0.3) is 0 Å². The number of benzene rings is 1. The molecule has 112 valence electrons. The van der Waals surface area contributed by atoms with E-state index < -0.39 is 11.6 Å². The maximum absolute atomic E-state index is 13.6. The third kappa shape index (κ3) is 1.90. The molecule has 0 saturated carbocycles. The van der Waals surface area contributed by atoms with Gasteiger partial charge >= 0.3 is 0 Å². The van der Waals surface area contributed by atoms with Gasteiger partial charge in [0.05, 0.1) is 0 Å². The fraction of sp³-hybridized carbons (Fsp3) is 0.647.